The zero-order valence-corrected chi connectivity index (χ0v) is 27.1. The molecular weight excluding hydrogens is 512 g/mol. The van der Waals surface area contributed by atoms with Crippen LogP contribution in [0.25, 0.3) is 0 Å². The van der Waals surface area contributed by atoms with Crippen molar-refractivity contribution in [3.05, 3.63) is 112 Å². The fraction of sp³-hybridized carbons (Fsp3) is 0.474. The molecule has 4 heteroatoms. The molecule has 2 aliphatic rings. The first-order valence-corrected chi connectivity index (χ1v) is 15.9. The van der Waals surface area contributed by atoms with E-state index in [0.29, 0.717) is 17.8 Å². The molecule has 4 nitrogen and oxygen atoms in total. The van der Waals surface area contributed by atoms with E-state index in [0.717, 1.165) is 56.0 Å². The number of aryl methyl sites for hydroxylation is 1. The second-order valence-corrected chi connectivity index (χ2v) is 13.0. The lowest BCUT2D eigenvalue weighted by molar-refractivity contribution is 0.414. The van der Waals surface area contributed by atoms with Crippen LogP contribution in [0.2, 0.25) is 0 Å². The Morgan fingerprint density at radius 1 is 1.19 bits per heavy atom. The summed E-state index contributed by atoms with van der Waals surface area (Å²) < 4.78 is 0. The van der Waals surface area contributed by atoms with Gasteiger partial charge in [0.05, 0.1) is 0 Å². The number of rotatable bonds is 10. The minimum absolute atomic E-state index is 0.255. The highest BCUT2D eigenvalue weighted by Gasteiger charge is 2.31. The highest BCUT2D eigenvalue weighted by molar-refractivity contribution is 5.60. The van der Waals surface area contributed by atoms with Gasteiger partial charge in [0.25, 0.3) is 0 Å². The molecule has 2 aromatic rings. The third-order valence-electron chi connectivity index (χ3n) is 9.42. The molecule has 4 rings (SSSR count). The van der Waals surface area contributed by atoms with E-state index in [9.17, 15) is 0 Å². The molecule has 1 aliphatic carbocycles. The first kappa shape index (κ1) is 31.5. The predicted octanol–water partition coefficient (Wildman–Crippen LogP) is 8.80. The number of aromatic nitrogens is 2. The summed E-state index contributed by atoms with van der Waals surface area (Å²) in [5, 5.41) is 0. The zero-order chi connectivity index (χ0) is 30.6. The summed E-state index contributed by atoms with van der Waals surface area (Å²) in [6.07, 6.45) is 13.6. The van der Waals surface area contributed by atoms with E-state index in [1.807, 2.05) is 18.5 Å². The Morgan fingerprint density at radius 2 is 1.90 bits per heavy atom. The van der Waals surface area contributed by atoms with E-state index < -0.39 is 0 Å². The number of nitrogens with zero attached hydrogens (tertiary/aromatic N) is 3. The highest BCUT2D eigenvalue weighted by atomic mass is 15.2. The van der Waals surface area contributed by atoms with Crippen molar-refractivity contribution >= 4 is 5.95 Å². The van der Waals surface area contributed by atoms with Crippen molar-refractivity contribution in [2.45, 2.75) is 86.5 Å². The van der Waals surface area contributed by atoms with Gasteiger partial charge >= 0.3 is 0 Å². The molecule has 42 heavy (non-hydrogen) atoms. The Labute approximate surface area is 255 Å². The molecule has 1 saturated heterocycles. The average molecular weight is 565 g/mol. The van der Waals surface area contributed by atoms with Crippen LogP contribution in [0.15, 0.2) is 89.5 Å². The summed E-state index contributed by atoms with van der Waals surface area (Å²) >= 11 is 0. The van der Waals surface area contributed by atoms with Gasteiger partial charge in [-0.1, -0.05) is 84.5 Å². The number of piperidine rings is 1. The van der Waals surface area contributed by atoms with Crippen LogP contribution in [0.3, 0.4) is 0 Å². The van der Waals surface area contributed by atoms with Gasteiger partial charge < -0.3 is 10.6 Å². The number of benzene rings is 1. The van der Waals surface area contributed by atoms with Gasteiger partial charge in [-0.3, -0.25) is 0 Å². The van der Waals surface area contributed by atoms with Crippen LogP contribution < -0.4 is 10.6 Å². The van der Waals surface area contributed by atoms with Crippen LogP contribution in [0, 0.1) is 24.7 Å². The fourth-order valence-electron chi connectivity index (χ4n) is 6.83. The Balaban J connectivity index is 1.64. The van der Waals surface area contributed by atoms with Crippen LogP contribution in [-0.2, 0) is 12.8 Å². The molecule has 1 aromatic carbocycles. The molecule has 1 aliphatic heterocycles. The van der Waals surface area contributed by atoms with Gasteiger partial charge in [0.1, 0.15) is 0 Å². The van der Waals surface area contributed by atoms with Crippen LogP contribution in [0.1, 0.15) is 89.0 Å². The molecular formula is C38H52N4. The molecule has 3 atom stereocenters. The number of allylic oxidation sites excluding steroid dienone is 6. The summed E-state index contributed by atoms with van der Waals surface area (Å²) in [5.41, 5.74) is 19.4. The lowest BCUT2D eigenvalue weighted by atomic mass is 9.73. The van der Waals surface area contributed by atoms with E-state index in [-0.39, 0.29) is 5.92 Å². The molecule has 3 unspecified atom stereocenters. The van der Waals surface area contributed by atoms with Gasteiger partial charge in [-0.25, -0.2) is 9.97 Å². The minimum atomic E-state index is 0.255. The average Bonchev–Trinajstić information content (AvgIpc) is 2.96. The van der Waals surface area contributed by atoms with E-state index in [2.05, 4.69) is 90.8 Å². The van der Waals surface area contributed by atoms with Gasteiger partial charge in [-0.15, -0.1) is 0 Å². The van der Waals surface area contributed by atoms with Crippen molar-refractivity contribution < 1.29 is 0 Å². The number of hydrogen-bond acceptors (Lipinski definition) is 4. The number of anilines is 1. The predicted molar refractivity (Wildman–Crippen MR) is 180 cm³/mol. The third kappa shape index (κ3) is 6.80. The maximum atomic E-state index is 6.88. The third-order valence-corrected chi connectivity index (χ3v) is 9.42. The van der Waals surface area contributed by atoms with Crippen molar-refractivity contribution in [1.82, 2.24) is 9.97 Å². The molecule has 1 aromatic heterocycles. The SMILES string of the molecule is C=CC1=C(N)C(C)C(CC(C)c2cccc(CCC)c2C)C=C1/C(C)=C1\CN(c2ncc(CC(C)C)cn2)CCC1=C. The standard InChI is InChI=1S/C38H52N4/c1-10-13-31-14-12-15-34(27(31)7)26(6)19-32-20-35(33(11-2)37(39)28(32)8)29(9)36-23-42(17-16-25(36)5)38-40-21-30(22-41-38)18-24(3)4/h11-12,14-15,20-22,24,26,28,32H,2,5,10,13,16-19,23,39H2,1,3-4,6-9H3/b36-29+. The van der Waals surface area contributed by atoms with Crippen molar-refractivity contribution in [3.63, 3.8) is 0 Å². The monoisotopic (exact) mass is 564 g/mol. The first-order chi connectivity index (χ1) is 20.0. The van der Waals surface area contributed by atoms with Gasteiger partial charge in [-0.2, -0.15) is 0 Å². The van der Waals surface area contributed by atoms with E-state index in [4.69, 9.17) is 15.7 Å². The van der Waals surface area contributed by atoms with Gasteiger partial charge in [-0.05, 0) is 102 Å². The maximum absolute atomic E-state index is 6.88. The van der Waals surface area contributed by atoms with Crippen molar-refractivity contribution in [2.24, 2.45) is 23.5 Å². The molecule has 2 heterocycles. The summed E-state index contributed by atoms with van der Waals surface area (Å²) in [4.78, 5) is 11.8. The van der Waals surface area contributed by atoms with Crippen LogP contribution in [0.4, 0.5) is 5.95 Å². The summed E-state index contributed by atoms with van der Waals surface area (Å²) in [6.45, 7) is 26.2. The molecule has 2 N–H and O–H groups in total. The topological polar surface area (TPSA) is 55.0 Å². The first-order valence-electron chi connectivity index (χ1n) is 15.9. The number of hydrogen-bond donors (Lipinski definition) is 1. The van der Waals surface area contributed by atoms with Gasteiger partial charge in [0.15, 0.2) is 0 Å². The van der Waals surface area contributed by atoms with Gasteiger partial charge in [0, 0.05) is 42.7 Å². The van der Waals surface area contributed by atoms with Gasteiger partial charge in [0.2, 0.25) is 5.95 Å². The molecule has 0 amide bonds. The smallest absolute Gasteiger partial charge is 0.225 e. The Hall–Kier alpha value is -3.40. The summed E-state index contributed by atoms with van der Waals surface area (Å²) in [7, 11) is 0. The van der Waals surface area contributed by atoms with E-state index in [1.54, 1.807) is 0 Å². The second-order valence-electron chi connectivity index (χ2n) is 13.0. The molecule has 1 fully saturated rings. The largest absolute Gasteiger partial charge is 0.401 e. The van der Waals surface area contributed by atoms with Crippen LogP contribution >= 0.6 is 0 Å². The normalized spacial score (nSPS) is 21.5. The van der Waals surface area contributed by atoms with Crippen molar-refractivity contribution in [3.8, 4) is 0 Å². The van der Waals surface area contributed by atoms with E-state index in [1.165, 1.54) is 51.0 Å². The molecule has 224 valence electrons. The molecule has 0 bridgehead atoms. The Bertz CT molecular complexity index is 1390. The molecule has 0 saturated carbocycles. The quantitative estimate of drug-likeness (QED) is 0.313. The van der Waals surface area contributed by atoms with E-state index >= 15 is 0 Å². The summed E-state index contributed by atoms with van der Waals surface area (Å²) in [6, 6.07) is 6.83. The highest BCUT2D eigenvalue weighted by Crippen LogP contribution is 2.42. The molecule has 0 spiro atoms. The maximum Gasteiger partial charge on any atom is 0.225 e. The second kappa shape index (κ2) is 13.7. The number of nitrogens with two attached hydrogens (primary N) is 1. The fourth-order valence-corrected chi connectivity index (χ4v) is 6.83. The zero-order valence-electron chi connectivity index (χ0n) is 27.1. The van der Waals surface area contributed by atoms with Crippen molar-refractivity contribution in [1.29, 1.82) is 0 Å². The molecule has 0 radical (unpaired) electrons. The lowest BCUT2D eigenvalue weighted by Gasteiger charge is -2.35. The van der Waals surface area contributed by atoms with Crippen molar-refractivity contribution in [2.75, 3.05) is 18.0 Å². The minimum Gasteiger partial charge on any atom is -0.401 e. The Morgan fingerprint density at radius 3 is 2.55 bits per heavy atom. The van der Waals surface area contributed by atoms with Crippen LogP contribution in [-0.4, -0.2) is 23.1 Å². The van der Waals surface area contributed by atoms with Crippen LogP contribution in [0.5, 0.6) is 0 Å². The lowest BCUT2D eigenvalue weighted by Crippen LogP contribution is -2.34. The summed E-state index contributed by atoms with van der Waals surface area (Å²) in [5.74, 6) is 2.41. The Kier molecular flexibility index (Phi) is 10.3.